The second-order valence-corrected chi connectivity index (χ2v) is 4.38. The highest BCUT2D eigenvalue weighted by Crippen LogP contribution is 2.38. The number of benzene rings is 1. The van der Waals surface area contributed by atoms with Crippen LogP contribution in [0.15, 0.2) is 17.0 Å². The van der Waals surface area contributed by atoms with Crippen LogP contribution in [0.3, 0.4) is 0 Å². The van der Waals surface area contributed by atoms with Crippen molar-refractivity contribution in [3.05, 3.63) is 17.7 Å². The Morgan fingerprint density at radius 1 is 1.31 bits per heavy atom. The SMILES string of the molecule is COc1cc(SC)c(OC)c(C(C)CO)c1. The summed E-state index contributed by atoms with van der Waals surface area (Å²) in [5.41, 5.74) is 0.980. The third kappa shape index (κ3) is 2.62. The standard InChI is InChI=1S/C12H18O3S/c1-8(7-13)10-5-9(14-2)6-11(16-4)12(10)15-3/h5-6,8,13H,7H2,1-4H3. The van der Waals surface area contributed by atoms with Crippen LogP contribution >= 0.6 is 11.8 Å². The van der Waals surface area contributed by atoms with Gasteiger partial charge in [0.05, 0.1) is 19.1 Å². The van der Waals surface area contributed by atoms with Crippen LogP contribution in [0.2, 0.25) is 0 Å². The zero-order valence-corrected chi connectivity index (χ0v) is 10.9. The lowest BCUT2D eigenvalue weighted by molar-refractivity contribution is 0.268. The van der Waals surface area contributed by atoms with Crippen molar-refractivity contribution in [2.45, 2.75) is 17.7 Å². The first-order valence-corrected chi connectivity index (χ1v) is 6.31. The molecule has 0 aliphatic rings. The van der Waals surface area contributed by atoms with Gasteiger partial charge in [-0.3, -0.25) is 0 Å². The topological polar surface area (TPSA) is 38.7 Å². The molecule has 1 aromatic carbocycles. The van der Waals surface area contributed by atoms with Crippen LogP contribution in [0.25, 0.3) is 0 Å². The van der Waals surface area contributed by atoms with Crippen molar-refractivity contribution in [3.63, 3.8) is 0 Å². The molecule has 0 aromatic heterocycles. The minimum Gasteiger partial charge on any atom is -0.497 e. The molecule has 0 fully saturated rings. The smallest absolute Gasteiger partial charge is 0.136 e. The van der Waals surface area contributed by atoms with Crippen LogP contribution in [0.1, 0.15) is 18.4 Å². The Balaban J connectivity index is 3.30. The zero-order valence-electron chi connectivity index (χ0n) is 10.1. The van der Waals surface area contributed by atoms with E-state index >= 15 is 0 Å². The quantitative estimate of drug-likeness (QED) is 0.805. The molecule has 0 saturated carbocycles. The van der Waals surface area contributed by atoms with E-state index in [1.54, 1.807) is 26.0 Å². The van der Waals surface area contributed by atoms with Gasteiger partial charge in [-0.1, -0.05) is 6.92 Å². The first-order chi connectivity index (χ1) is 7.67. The van der Waals surface area contributed by atoms with E-state index in [0.717, 1.165) is 22.0 Å². The lowest BCUT2D eigenvalue weighted by Crippen LogP contribution is -2.03. The molecule has 0 spiro atoms. The summed E-state index contributed by atoms with van der Waals surface area (Å²) in [4.78, 5) is 1.03. The van der Waals surface area contributed by atoms with Gasteiger partial charge in [-0.25, -0.2) is 0 Å². The molecule has 0 aliphatic carbocycles. The van der Waals surface area contributed by atoms with E-state index < -0.39 is 0 Å². The number of rotatable bonds is 5. The summed E-state index contributed by atoms with van der Waals surface area (Å²) in [6, 6.07) is 3.86. The first kappa shape index (κ1) is 13.2. The fourth-order valence-corrected chi connectivity index (χ4v) is 2.17. The Labute approximate surface area is 101 Å². The van der Waals surface area contributed by atoms with Crippen molar-refractivity contribution in [1.29, 1.82) is 0 Å². The Kier molecular flexibility index (Phi) is 4.96. The summed E-state index contributed by atoms with van der Waals surface area (Å²) in [5.74, 6) is 1.66. The monoisotopic (exact) mass is 242 g/mol. The number of ether oxygens (including phenoxy) is 2. The number of methoxy groups -OCH3 is 2. The third-order valence-electron chi connectivity index (χ3n) is 2.52. The molecule has 0 radical (unpaired) electrons. The summed E-state index contributed by atoms with van der Waals surface area (Å²) >= 11 is 1.60. The maximum absolute atomic E-state index is 9.23. The summed E-state index contributed by atoms with van der Waals surface area (Å²) in [6.07, 6.45) is 1.99. The number of hydrogen-bond acceptors (Lipinski definition) is 4. The number of aliphatic hydroxyl groups is 1. The van der Waals surface area contributed by atoms with Gasteiger partial charge in [0.15, 0.2) is 0 Å². The van der Waals surface area contributed by atoms with E-state index in [4.69, 9.17) is 9.47 Å². The Hall–Kier alpha value is -0.870. The van der Waals surface area contributed by atoms with Crippen LogP contribution in [0.4, 0.5) is 0 Å². The minimum absolute atomic E-state index is 0.0379. The van der Waals surface area contributed by atoms with Crippen LogP contribution < -0.4 is 9.47 Å². The molecule has 3 nitrogen and oxygen atoms in total. The second kappa shape index (κ2) is 6.01. The van der Waals surface area contributed by atoms with Gasteiger partial charge >= 0.3 is 0 Å². The zero-order chi connectivity index (χ0) is 12.1. The molecule has 0 bridgehead atoms. The number of thioether (sulfide) groups is 1. The average molecular weight is 242 g/mol. The molecule has 0 aliphatic heterocycles. The first-order valence-electron chi connectivity index (χ1n) is 5.08. The molecule has 1 N–H and O–H groups in total. The number of aliphatic hydroxyl groups excluding tert-OH is 1. The molecule has 0 amide bonds. The molecule has 1 unspecified atom stereocenters. The van der Waals surface area contributed by atoms with E-state index in [1.165, 1.54) is 0 Å². The molecule has 90 valence electrons. The van der Waals surface area contributed by atoms with Crippen LogP contribution in [0, 0.1) is 0 Å². The van der Waals surface area contributed by atoms with Crippen LogP contribution in [-0.2, 0) is 0 Å². The number of hydrogen-bond donors (Lipinski definition) is 1. The van der Waals surface area contributed by atoms with E-state index in [2.05, 4.69) is 0 Å². The molecule has 1 aromatic rings. The van der Waals surface area contributed by atoms with Crippen molar-refractivity contribution in [3.8, 4) is 11.5 Å². The molecule has 1 atom stereocenters. The van der Waals surface area contributed by atoms with Gasteiger partial charge in [-0.05, 0) is 18.4 Å². The maximum atomic E-state index is 9.23. The molecule has 0 heterocycles. The summed E-state index contributed by atoms with van der Waals surface area (Å²) in [5, 5.41) is 9.23. The van der Waals surface area contributed by atoms with Gasteiger partial charge in [-0.15, -0.1) is 11.8 Å². The van der Waals surface area contributed by atoms with Crippen molar-refractivity contribution in [2.75, 3.05) is 27.1 Å². The Morgan fingerprint density at radius 3 is 2.44 bits per heavy atom. The average Bonchev–Trinajstić information content (AvgIpc) is 2.35. The fourth-order valence-electron chi connectivity index (χ4n) is 1.55. The Morgan fingerprint density at radius 2 is 2.00 bits per heavy atom. The minimum atomic E-state index is 0.0379. The van der Waals surface area contributed by atoms with Gasteiger partial charge in [0.2, 0.25) is 0 Å². The van der Waals surface area contributed by atoms with Crippen molar-refractivity contribution < 1.29 is 14.6 Å². The largest absolute Gasteiger partial charge is 0.497 e. The highest BCUT2D eigenvalue weighted by Gasteiger charge is 2.16. The molecular weight excluding hydrogens is 224 g/mol. The van der Waals surface area contributed by atoms with Gasteiger partial charge < -0.3 is 14.6 Å². The fraction of sp³-hybridized carbons (Fsp3) is 0.500. The second-order valence-electron chi connectivity index (χ2n) is 3.54. The van der Waals surface area contributed by atoms with E-state index in [-0.39, 0.29) is 12.5 Å². The van der Waals surface area contributed by atoms with E-state index in [0.29, 0.717) is 0 Å². The van der Waals surface area contributed by atoms with Crippen LogP contribution in [0.5, 0.6) is 11.5 Å². The molecule has 0 saturated heterocycles. The lowest BCUT2D eigenvalue weighted by atomic mass is 10.0. The van der Waals surface area contributed by atoms with E-state index in [1.807, 2.05) is 25.3 Å². The molecular formula is C12H18O3S. The van der Waals surface area contributed by atoms with Crippen molar-refractivity contribution in [1.82, 2.24) is 0 Å². The normalized spacial score (nSPS) is 12.3. The molecule has 1 rings (SSSR count). The highest BCUT2D eigenvalue weighted by atomic mass is 32.2. The summed E-state index contributed by atoms with van der Waals surface area (Å²) in [6.45, 7) is 2.05. The van der Waals surface area contributed by atoms with E-state index in [9.17, 15) is 5.11 Å². The van der Waals surface area contributed by atoms with Gasteiger partial charge in [0.1, 0.15) is 11.5 Å². The highest BCUT2D eigenvalue weighted by molar-refractivity contribution is 7.98. The van der Waals surface area contributed by atoms with Crippen molar-refractivity contribution >= 4 is 11.8 Å². The lowest BCUT2D eigenvalue weighted by Gasteiger charge is -2.17. The summed E-state index contributed by atoms with van der Waals surface area (Å²) < 4.78 is 10.6. The molecule has 4 heteroatoms. The predicted octanol–water partition coefficient (Wildman–Crippen LogP) is 2.52. The Bertz CT molecular complexity index is 352. The van der Waals surface area contributed by atoms with Gasteiger partial charge in [-0.2, -0.15) is 0 Å². The predicted molar refractivity (Wildman–Crippen MR) is 66.8 cm³/mol. The van der Waals surface area contributed by atoms with Crippen LogP contribution in [-0.4, -0.2) is 32.2 Å². The van der Waals surface area contributed by atoms with Gasteiger partial charge in [0.25, 0.3) is 0 Å². The third-order valence-corrected chi connectivity index (χ3v) is 3.26. The van der Waals surface area contributed by atoms with Gasteiger partial charge in [0, 0.05) is 18.1 Å². The summed E-state index contributed by atoms with van der Waals surface area (Å²) in [7, 11) is 3.29. The van der Waals surface area contributed by atoms with Crippen molar-refractivity contribution in [2.24, 2.45) is 0 Å². The molecule has 16 heavy (non-hydrogen) atoms. The maximum Gasteiger partial charge on any atom is 0.136 e.